The molecule has 2 rings (SSSR count). The zero-order valence-corrected chi connectivity index (χ0v) is 16.7. The lowest BCUT2D eigenvalue weighted by molar-refractivity contribution is -0.121. The van der Waals surface area contributed by atoms with Gasteiger partial charge in [-0.2, -0.15) is 4.31 Å². The number of hydrogen-bond acceptors (Lipinski definition) is 4. The largest absolute Gasteiger partial charge is 0.372 e. The summed E-state index contributed by atoms with van der Waals surface area (Å²) in [5.41, 5.74) is 1.15. The molecule has 0 aliphatic carbocycles. The van der Waals surface area contributed by atoms with Crippen LogP contribution in [-0.2, 0) is 14.8 Å². The van der Waals surface area contributed by atoms with E-state index < -0.39 is 10.0 Å². The van der Waals surface area contributed by atoms with Crippen molar-refractivity contribution in [2.75, 3.05) is 38.1 Å². The Morgan fingerprint density at radius 1 is 1.00 bits per heavy atom. The maximum atomic E-state index is 12.4. The molecule has 0 bridgehead atoms. The van der Waals surface area contributed by atoms with Crippen molar-refractivity contribution in [3.8, 4) is 0 Å². The average Bonchev–Trinajstić information content (AvgIpc) is 2.69. The lowest BCUT2D eigenvalue weighted by Gasteiger charge is -2.23. The van der Waals surface area contributed by atoms with E-state index in [1.54, 1.807) is 18.2 Å². The van der Waals surface area contributed by atoms with Crippen LogP contribution in [-0.4, -0.2) is 51.9 Å². The Bertz CT molecular complexity index is 811. The van der Waals surface area contributed by atoms with Crippen LogP contribution in [0.15, 0.2) is 65.6 Å². The van der Waals surface area contributed by atoms with Gasteiger partial charge in [-0.25, -0.2) is 8.42 Å². The zero-order chi connectivity index (χ0) is 19.7. The average molecular weight is 390 g/mol. The number of nitrogens with one attached hydrogen (secondary N) is 1. The number of sulfonamides is 1. The summed E-state index contributed by atoms with van der Waals surface area (Å²) in [6, 6.07) is 18.2. The highest BCUT2D eigenvalue weighted by Crippen LogP contribution is 2.14. The lowest BCUT2D eigenvalue weighted by atomic mass is 10.2. The van der Waals surface area contributed by atoms with Gasteiger partial charge >= 0.3 is 0 Å². The molecule has 27 heavy (non-hydrogen) atoms. The van der Waals surface area contributed by atoms with Crippen LogP contribution in [0.25, 0.3) is 0 Å². The minimum absolute atomic E-state index is 0.182. The minimum atomic E-state index is -3.65. The van der Waals surface area contributed by atoms with E-state index in [1.807, 2.05) is 18.2 Å². The van der Waals surface area contributed by atoms with Crippen molar-refractivity contribution < 1.29 is 13.2 Å². The van der Waals surface area contributed by atoms with Crippen LogP contribution < -0.4 is 10.2 Å². The van der Waals surface area contributed by atoms with Crippen LogP contribution in [0.5, 0.6) is 0 Å². The van der Waals surface area contributed by atoms with E-state index in [1.165, 1.54) is 19.2 Å². The molecule has 0 unspecified atom stereocenters. The number of hydrogen-bond donors (Lipinski definition) is 1. The summed E-state index contributed by atoms with van der Waals surface area (Å²) in [6.07, 6.45) is 0.781. The number of likely N-dealkylation sites (N-methyl/N-ethyl adjacent to an activating group) is 1. The molecule has 0 heterocycles. The highest BCUT2D eigenvalue weighted by atomic mass is 32.2. The first-order chi connectivity index (χ1) is 12.9. The monoisotopic (exact) mass is 389 g/mol. The van der Waals surface area contributed by atoms with Gasteiger partial charge in [0.05, 0.1) is 11.4 Å². The van der Waals surface area contributed by atoms with Crippen LogP contribution >= 0.6 is 0 Å². The van der Waals surface area contributed by atoms with Crippen molar-refractivity contribution in [2.24, 2.45) is 0 Å². The van der Waals surface area contributed by atoms with Gasteiger partial charge in [-0.1, -0.05) is 36.4 Å². The molecule has 0 saturated carbocycles. The summed E-state index contributed by atoms with van der Waals surface area (Å²) >= 11 is 0. The van der Waals surface area contributed by atoms with Gasteiger partial charge < -0.3 is 10.2 Å². The van der Waals surface area contributed by atoms with E-state index in [2.05, 4.69) is 29.3 Å². The van der Waals surface area contributed by atoms with Crippen molar-refractivity contribution in [2.45, 2.75) is 18.2 Å². The maximum Gasteiger partial charge on any atom is 0.243 e. The van der Waals surface area contributed by atoms with Gasteiger partial charge in [0.2, 0.25) is 15.9 Å². The molecule has 0 aliphatic rings. The molecule has 0 radical (unpaired) electrons. The number of anilines is 1. The number of carbonyl (C=O) groups excluding carboxylic acids is 1. The molecule has 1 amide bonds. The van der Waals surface area contributed by atoms with E-state index in [-0.39, 0.29) is 17.3 Å². The number of amides is 1. The third-order valence-electron chi connectivity index (χ3n) is 4.25. The smallest absolute Gasteiger partial charge is 0.243 e. The van der Waals surface area contributed by atoms with Crippen molar-refractivity contribution in [1.29, 1.82) is 0 Å². The van der Waals surface area contributed by atoms with Crippen LogP contribution in [0.1, 0.15) is 13.3 Å². The third-order valence-corrected chi connectivity index (χ3v) is 6.07. The van der Waals surface area contributed by atoms with Crippen LogP contribution in [0.3, 0.4) is 0 Å². The van der Waals surface area contributed by atoms with E-state index in [0.717, 1.165) is 29.5 Å². The first-order valence-corrected chi connectivity index (χ1v) is 10.5. The fraction of sp³-hybridized carbons (Fsp3) is 0.350. The molecule has 7 heteroatoms. The fourth-order valence-electron chi connectivity index (χ4n) is 2.72. The normalized spacial score (nSPS) is 11.4. The van der Waals surface area contributed by atoms with Gasteiger partial charge in [0.1, 0.15) is 0 Å². The summed E-state index contributed by atoms with van der Waals surface area (Å²) in [4.78, 5) is 14.5. The Morgan fingerprint density at radius 2 is 1.59 bits per heavy atom. The van der Waals surface area contributed by atoms with Crippen LogP contribution in [0.2, 0.25) is 0 Å². The van der Waals surface area contributed by atoms with Gasteiger partial charge in [-0.3, -0.25) is 4.79 Å². The van der Waals surface area contributed by atoms with E-state index >= 15 is 0 Å². The van der Waals surface area contributed by atoms with Gasteiger partial charge in [0.25, 0.3) is 0 Å². The van der Waals surface area contributed by atoms with Gasteiger partial charge in [-0.15, -0.1) is 0 Å². The highest BCUT2D eigenvalue weighted by molar-refractivity contribution is 7.89. The minimum Gasteiger partial charge on any atom is -0.372 e. The molecule has 0 atom stereocenters. The molecule has 0 aromatic heterocycles. The van der Waals surface area contributed by atoms with Gasteiger partial charge in [0.15, 0.2) is 0 Å². The Balaban J connectivity index is 1.77. The van der Waals surface area contributed by atoms with Crippen molar-refractivity contribution in [1.82, 2.24) is 9.62 Å². The topological polar surface area (TPSA) is 69.7 Å². The fourth-order valence-corrected chi connectivity index (χ4v) is 3.87. The Labute approximate surface area is 161 Å². The van der Waals surface area contributed by atoms with E-state index in [0.29, 0.717) is 6.54 Å². The predicted molar refractivity (Wildman–Crippen MR) is 108 cm³/mol. The number of para-hydroxylation sites is 1. The number of carbonyl (C=O) groups is 1. The second kappa shape index (κ2) is 10.1. The summed E-state index contributed by atoms with van der Waals surface area (Å²) in [6.45, 7) is 4.10. The molecule has 0 aliphatic heterocycles. The van der Waals surface area contributed by atoms with Crippen molar-refractivity contribution in [3.05, 3.63) is 60.7 Å². The molecule has 2 aromatic rings. The third kappa shape index (κ3) is 6.08. The van der Waals surface area contributed by atoms with Crippen LogP contribution in [0.4, 0.5) is 5.69 Å². The SMILES string of the molecule is CCN(CCCNC(=O)CN(C)S(=O)(=O)c1ccccc1)c1ccccc1. The standard InChI is InChI=1S/C20H27N3O3S/c1-3-23(18-11-6-4-7-12-18)16-10-15-21-20(24)17-22(2)27(25,26)19-13-8-5-9-14-19/h4-9,11-14H,3,10,15-17H2,1-2H3,(H,21,24). The predicted octanol–water partition coefficient (Wildman–Crippen LogP) is 2.34. The molecule has 0 spiro atoms. The Hall–Kier alpha value is -2.38. The number of nitrogens with zero attached hydrogens (tertiary/aromatic N) is 2. The molecule has 2 aromatic carbocycles. The molecule has 1 N–H and O–H groups in total. The number of rotatable bonds is 10. The molecule has 6 nitrogen and oxygen atoms in total. The maximum absolute atomic E-state index is 12.4. The first-order valence-electron chi connectivity index (χ1n) is 9.03. The molecule has 146 valence electrons. The van der Waals surface area contributed by atoms with Gasteiger partial charge in [-0.05, 0) is 37.6 Å². The van der Waals surface area contributed by atoms with Crippen molar-refractivity contribution >= 4 is 21.6 Å². The van der Waals surface area contributed by atoms with Gasteiger partial charge in [0, 0.05) is 32.4 Å². The number of benzene rings is 2. The first kappa shape index (κ1) is 20.9. The summed E-state index contributed by atoms with van der Waals surface area (Å²) in [5.74, 6) is -0.306. The van der Waals surface area contributed by atoms with Crippen LogP contribution in [0, 0.1) is 0 Å². The molecule has 0 saturated heterocycles. The second-order valence-electron chi connectivity index (χ2n) is 6.19. The van der Waals surface area contributed by atoms with E-state index in [9.17, 15) is 13.2 Å². The summed E-state index contributed by atoms with van der Waals surface area (Å²) in [7, 11) is -2.24. The highest BCUT2D eigenvalue weighted by Gasteiger charge is 2.22. The second-order valence-corrected chi connectivity index (χ2v) is 8.24. The zero-order valence-electron chi connectivity index (χ0n) is 15.8. The summed E-state index contributed by atoms with van der Waals surface area (Å²) < 4.78 is 25.9. The quantitative estimate of drug-likeness (QED) is 0.633. The Kier molecular flexibility index (Phi) is 7.82. The molecular formula is C20H27N3O3S. The van der Waals surface area contributed by atoms with E-state index in [4.69, 9.17) is 0 Å². The van der Waals surface area contributed by atoms with Crippen molar-refractivity contribution in [3.63, 3.8) is 0 Å². The summed E-state index contributed by atoms with van der Waals surface area (Å²) in [5, 5.41) is 2.80. The lowest BCUT2D eigenvalue weighted by Crippen LogP contribution is -2.39. The molecular weight excluding hydrogens is 362 g/mol. The Morgan fingerprint density at radius 3 is 2.19 bits per heavy atom. The molecule has 0 fully saturated rings.